The smallest absolute Gasteiger partial charge is 0.276 e. The number of morpholine rings is 1. The second-order valence-electron chi connectivity index (χ2n) is 5.87. The Kier molecular flexibility index (Phi) is 6.34. The summed E-state index contributed by atoms with van der Waals surface area (Å²) in [7, 11) is 1.60. The van der Waals surface area contributed by atoms with Crippen LogP contribution in [0.4, 0.5) is 11.5 Å². The zero-order valence-electron chi connectivity index (χ0n) is 14.8. The largest absolute Gasteiger partial charge is 0.497 e. The minimum Gasteiger partial charge on any atom is -0.497 e. The van der Waals surface area contributed by atoms with Gasteiger partial charge in [-0.2, -0.15) is 0 Å². The molecule has 8 nitrogen and oxygen atoms in total. The highest BCUT2D eigenvalue weighted by Gasteiger charge is 2.11. The SMILES string of the molecule is COc1ccc(NC(=O)c2ccc(NCCN3CCOCC3)nn2)cc1. The Morgan fingerprint density at radius 3 is 2.58 bits per heavy atom. The van der Waals surface area contributed by atoms with Crippen LogP contribution in [0.15, 0.2) is 36.4 Å². The van der Waals surface area contributed by atoms with Gasteiger partial charge in [-0.25, -0.2) is 0 Å². The lowest BCUT2D eigenvalue weighted by molar-refractivity contribution is 0.0398. The normalized spacial score (nSPS) is 14.7. The predicted molar refractivity (Wildman–Crippen MR) is 98.7 cm³/mol. The zero-order chi connectivity index (χ0) is 18.2. The van der Waals surface area contributed by atoms with Gasteiger partial charge in [-0.3, -0.25) is 9.69 Å². The number of hydrogen-bond donors (Lipinski definition) is 2. The number of hydrogen-bond acceptors (Lipinski definition) is 7. The van der Waals surface area contributed by atoms with Gasteiger partial charge in [-0.05, 0) is 36.4 Å². The predicted octanol–water partition coefficient (Wildman–Crippen LogP) is 1.48. The molecule has 1 amide bonds. The van der Waals surface area contributed by atoms with Crippen molar-refractivity contribution in [2.24, 2.45) is 0 Å². The van der Waals surface area contributed by atoms with Crippen molar-refractivity contribution in [3.8, 4) is 5.75 Å². The number of nitrogens with zero attached hydrogens (tertiary/aromatic N) is 3. The molecule has 3 rings (SSSR count). The highest BCUT2D eigenvalue weighted by molar-refractivity contribution is 6.02. The van der Waals surface area contributed by atoms with Gasteiger partial charge in [-0.1, -0.05) is 0 Å². The third-order valence-corrected chi connectivity index (χ3v) is 4.08. The number of amides is 1. The number of benzene rings is 1. The molecular formula is C18H23N5O3. The van der Waals surface area contributed by atoms with E-state index >= 15 is 0 Å². The summed E-state index contributed by atoms with van der Waals surface area (Å²) in [6.45, 7) is 5.18. The minimum atomic E-state index is -0.303. The molecule has 138 valence electrons. The number of methoxy groups -OCH3 is 1. The van der Waals surface area contributed by atoms with Gasteiger partial charge in [0.15, 0.2) is 5.69 Å². The molecule has 2 heterocycles. The van der Waals surface area contributed by atoms with E-state index in [0.717, 1.165) is 45.1 Å². The van der Waals surface area contributed by atoms with Gasteiger partial charge in [0.05, 0.1) is 20.3 Å². The summed E-state index contributed by atoms with van der Waals surface area (Å²) in [4.78, 5) is 14.6. The lowest BCUT2D eigenvalue weighted by Gasteiger charge is -2.26. The van der Waals surface area contributed by atoms with Crippen LogP contribution >= 0.6 is 0 Å². The van der Waals surface area contributed by atoms with Crippen LogP contribution in [0.1, 0.15) is 10.5 Å². The van der Waals surface area contributed by atoms with E-state index in [4.69, 9.17) is 9.47 Å². The number of nitrogens with one attached hydrogen (secondary N) is 2. The first-order chi connectivity index (χ1) is 12.7. The Labute approximate surface area is 152 Å². The average molecular weight is 357 g/mol. The van der Waals surface area contributed by atoms with Crippen molar-refractivity contribution in [1.82, 2.24) is 15.1 Å². The molecule has 0 saturated carbocycles. The molecule has 1 fully saturated rings. The van der Waals surface area contributed by atoms with Crippen molar-refractivity contribution < 1.29 is 14.3 Å². The molecule has 0 aliphatic carbocycles. The highest BCUT2D eigenvalue weighted by atomic mass is 16.5. The van der Waals surface area contributed by atoms with Crippen LogP contribution in [0.3, 0.4) is 0 Å². The monoisotopic (exact) mass is 357 g/mol. The molecule has 1 aliphatic rings. The molecule has 0 spiro atoms. The van der Waals surface area contributed by atoms with Gasteiger partial charge in [0.1, 0.15) is 11.6 Å². The van der Waals surface area contributed by atoms with Crippen LogP contribution in [0.2, 0.25) is 0 Å². The van der Waals surface area contributed by atoms with E-state index in [1.165, 1.54) is 0 Å². The van der Waals surface area contributed by atoms with Gasteiger partial charge in [0.25, 0.3) is 5.91 Å². The van der Waals surface area contributed by atoms with Crippen molar-refractivity contribution in [2.75, 3.05) is 57.1 Å². The molecular weight excluding hydrogens is 334 g/mol. The molecule has 0 radical (unpaired) electrons. The van der Waals surface area contributed by atoms with Crippen molar-refractivity contribution in [3.63, 3.8) is 0 Å². The molecule has 1 aromatic heterocycles. The Balaban J connectivity index is 1.47. The molecule has 0 atom stereocenters. The second-order valence-corrected chi connectivity index (χ2v) is 5.87. The summed E-state index contributed by atoms with van der Waals surface area (Å²) in [5.74, 6) is 1.08. The summed E-state index contributed by atoms with van der Waals surface area (Å²) < 4.78 is 10.4. The van der Waals surface area contributed by atoms with E-state index in [1.807, 2.05) is 0 Å². The summed E-state index contributed by atoms with van der Waals surface area (Å²) in [5, 5.41) is 14.1. The number of carbonyl (C=O) groups excluding carboxylic acids is 1. The standard InChI is InChI=1S/C18H23N5O3/c1-25-15-4-2-14(3-5-15)20-18(24)16-6-7-17(22-21-16)19-8-9-23-10-12-26-13-11-23/h2-7H,8-13H2,1H3,(H,19,22)(H,20,24). The van der Waals surface area contributed by atoms with Gasteiger partial charge < -0.3 is 20.1 Å². The highest BCUT2D eigenvalue weighted by Crippen LogP contribution is 2.15. The molecule has 26 heavy (non-hydrogen) atoms. The van der Waals surface area contributed by atoms with Crippen LogP contribution in [-0.2, 0) is 4.74 Å². The van der Waals surface area contributed by atoms with E-state index in [2.05, 4.69) is 25.7 Å². The first kappa shape index (κ1) is 18.1. The Morgan fingerprint density at radius 2 is 1.92 bits per heavy atom. The number of rotatable bonds is 7. The molecule has 0 bridgehead atoms. The molecule has 1 aromatic carbocycles. The van der Waals surface area contributed by atoms with Gasteiger partial charge in [0.2, 0.25) is 0 Å². The zero-order valence-corrected chi connectivity index (χ0v) is 14.8. The van der Waals surface area contributed by atoms with Crippen LogP contribution in [-0.4, -0.2) is 67.5 Å². The van der Waals surface area contributed by atoms with Crippen LogP contribution in [0.5, 0.6) is 5.75 Å². The quantitative estimate of drug-likeness (QED) is 0.776. The van der Waals surface area contributed by atoms with Gasteiger partial charge in [-0.15, -0.1) is 10.2 Å². The number of carbonyl (C=O) groups is 1. The van der Waals surface area contributed by atoms with Crippen molar-refractivity contribution >= 4 is 17.4 Å². The molecule has 2 N–H and O–H groups in total. The lowest BCUT2D eigenvalue weighted by atomic mass is 10.3. The fraction of sp³-hybridized carbons (Fsp3) is 0.389. The van der Waals surface area contributed by atoms with Crippen molar-refractivity contribution in [2.45, 2.75) is 0 Å². The van der Waals surface area contributed by atoms with Crippen LogP contribution in [0, 0.1) is 0 Å². The van der Waals surface area contributed by atoms with Gasteiger partial charge in [0, 0.05) is 31.9 Å². The molecule has 1 aliphatic heterocycles. The van der Waals surface area contributed by atoms with Gasteiger partial charge >= 0.3 is 0 Å². The van der Waals surface area contributed by atoms with E-state index in [9.17, 15) is 4.79 Å². The summed E-state index contributed by atoms with van der Waals surface area (Å²) in [5.41, 5.74) is 0.935. The fourth-order valence-electron chi connectivity index (χ4n) is 2.58. The summed E-state index contributed by atoms with van der Waals surface area (Å²) in [6.07, 6.45) is 0. The Hall–Kier alpha value is -2.71. The molecule has 2 aromatic rings. The Morgan fingerprint density at radius 1 is 1.15 bits per heavy atom. The first-order valence-corrected chi connectivity index (χ1v) is 8.58. The minimum absolute atomic E-state index is 0.263. The summed E-state index contributed by atoms with van der Waals surface area (Å²) in [6, 6.07) is 10.5. The maximum absolute atomic E-state index is 12.2. The van der Waals surface area contributed by atoms with Crippen LogP contribution in [0.25, 0.3) is 0 Å². The number of anilines is 2. The fourth-order valence-corrected chi connectivity index (χ4v) is 2.58. The summed E-state index contributed by atoms with van der Waals surface area (Å²) >= 11 is 0. The third kappa shape index (κ3) is 5.14. The molecule has 1 saturated heterocycles. The van der Waals surface area contributed by atoms with Crippen molar-refractivity contribution in [1.29, 1.82) is 0 Å². The van der Waals surface area contributed by atoms with E-state index in [-0.39, 0.29) is 11.6 Å². The second kappa shape index (κ2) is 9.12. The van der Waals surface area contributed by atoms with Crippen molar-refractivity contribution in [3.05, 3.63) is 42.1 Å². The van der Waals surface area contributed by atoms with E-state index in [1.54, 1.807) is 43.5 Å². The lowest BCUT2D eigenvalue weighted by Crippen LogP contribution is -2.39. The topological polar surface area (TPSA) is 88.6 Å². The maximum Gasteiger partial charge on any atom is 0.276 e. The third-order valence-electron chi connectivity index (χ3n) is 4.08. The average Bonchev–Trinajstić information content (AvgIpc) is 2.70. The number of aromatic nitrogens is 2. The first-order valence-electron chi connectivity index (χ1n) is 8.58. The Bertz CT molecular complexity index is 700. The van der Waals surface area contributed by atoms with E-state index < -0.39 is 0 Å². The number of ether oxygens (including phenoxy) is 2. The maximum atomic E-state index is 12.2. The molecule has 0 unspecified atom stereocenters. The van der Waals surface area contributed by atoms with E-state index in [0.29, 0.717) is 11.5 Å². The van der Waals surface area contributed by atoms with Crippen LogP contribution < -0.4 is 15.4 Å². The molecule has 8 heteroatoms.